The van der Waals surface area contributed by atoms with Crippen LogP contribution in [0.3, 0.4) is 0 Å². The molecule has 7 nitrogen and oxygen atoms in total. The molecule has 1 atom stereocenters. The third-order valence-electron chi connectivity index (χ3n) is 3.40. The van der Waals surface area contributed by atoms with Crippen LogP contribution < -0.4 is 5.32 Å². The zero-order valence-corrected chi connectivity index (χ0v) is 14.1. The monoisotopic (exact) mass is 350 g/mol. The predicted octanol–water partition coefficient (Wildman–Crippen LogP) is 2.65. The number of carbonyl (C=O) groups excluding carboxylic acids is 1. The number of thioether (sulfide) groups is 1. The number of nitriles is 1. The molecular formula is C17H14N6OS. The molecule has 0 saturated carbocycles. The molecule has 0 aliphatic carbocycles. The van der Waals surface area contributed by atoms with Crippen molar-refractivity contribution in [2.24, 2.45) is 0 Å². The molecule has 0 unspecified atom stereocenters. The Bertz CT molecular complexity index is 918. The lowest BCUT2D eigenvalue weighted by Gasteiger charge is -2.12. The van der Waals surface area contributed by atoms with Crippen molar-refractivity contribution < 1.29 is 4.79 Å². The zero-order valence-electron chi connectivity index (χ0n) is 13.3. The average molecular weight is 350 g/mol. The normalized spacial score (nSPS) is 11.5. The molecule has 0 spiro atoms. The van der Waals surface area contributed by atoms with Gasteiger partial charge in [0.1, 0.15) is 6.07 Å². The zero-order chi connectivity index (χ0) is 17.6. The van der Waals surface area contributed by atoms with Gasteiger partial charge in [-0.15, -0.1) is 5.10 Å². The first kappa shape index (κ1) is 16.7. The van der Waals surface area contributed by atoms with Crippen LogP contribution >= 0.6 is 11.8 Å². The van der Waals surface area contributed by atoms with Crippen LogP contribution in [0.2, 0.25) is 0 Å². The Morgan fingerprint density at radius 1 is 1.20 bits per heavy atom. The second-order valence-corrected chi connectivity index (χ2v) is 6.42. The van der Waals surface area contributed by atoms with Gasteiger partial charge in [0.25, 0.3) is 0 Å². The van der Waals surface area contributed by atoms with E-state index >= 15 is 0 Å². The molecule has 2 aromatic carbocycles. The summed E-state index contributed by atoms with van der Waals surface area (Å²) in [6.07, 6.45) is 0. The van der Waals surface area contributed by atoms with E-state index in [9.17, 15) is 4.79 Å². The number of benzene rings is 2. The number of nitrogens with zero attached hydrogens (tertiary/aromatic N) is 5. The fourth-order valence-corrected chi connectivity index (χ4v) is 2.93. The van der Waals surface area contributed by atoms with E-state index in [-0.39, 0.29) is 5.91 Å². The number of hydrogen-bond donors (Lipinski definition) is 1. The van der Waals surface area contributed by atoms with Gasteiger partial charge in [0.15, 0.2) is 0 Å². The maximum atomic E-state index is 12.4. The van der Waals surface area contributed by atoms with Crippen molar-refractivity contribution in [2.75, 3.05) is 5.32 Å². The summed E-state index contributed by atoms with van der Waals surface area (Å²) >= 11 is 1.24. The van der Waals surface area contributed by atoms with Gasteiger partial charge in [-0.05, 0) is 41.6 Å². The van der Waals surface area contributed by atoms with Crippen molar-refractivity contribution >= 4 is 23.4 Å². The predicted molar refractivity (Wildman–Crippen MR) is 94.3 cm³/mol. The van der Waals surface area contributed by atoms with Gasteiger partial charge in [-0.25, -0.2) is 0 Å². The molecule has 3 rings (SSSR count). The number of nitrogens with one attached hydrogen (secondary N) is 1. The summed E-state index contributed by atoms with van der Waals surface area (Å²) in [6, 6.07) is 18.4. The topological polar surface area (TPSA) is 96.5 Å². The number of hydrogen-bond acceptors (Lipinski definition) is 6. The smallest absolute Gasteiger partial charge is 0.237 e. The van der Waals surface area contributed by atoms with Crippen LogP contribution in [0.15, 0.2) is 59.8 Å². The van der Waals surface area contributed by atoms with Gasteiger partial charge in [0.2, 0.25) is 11.1 Å². The van der Waals surface area contributed by atoms with Gasteiger partial charge in [-0.1, -0.05) is 42.1 Å². The standard InChI is InChI=1S/C17H14N6OS/c1-12(16(24)19-15-10-6-5-7-13(15)11-18)25-17-20-21-22-23(17)14-8-3-2-4-9-14/h2-10,12H,1H3,(H,19,24)/t12-/m1/s1. The molecule has 0 saturated heterocycles. The Balaban J connectivity index is 1.73. The quantitative estimate of drug-likeness (QED) is 0.711. The molecule has 124 valence electrons. The third-order valence-corrected chi connectivity index (χ3v) is 4.43. The molecule has 1 amide bonds. The highest BCUT2D eigenvalue weighted by Crippen LogP contribution is 2.24. The highest BCUT2D eigenvalue weighted by Gasteiger charge is 2.20. The van der Waals surface area contributed by atoms with Crippen LogP contribution in [0.4, 0.5) is 5.69 Å². The summed E-state index contributed by atoms with van der Waals surface area (Å²) in [4.78, 5) is 12.4. The molecule has 3 aromatic rings. The van der Waals surface area contributed by atoms with Crippen LogP contribution in [0.1, 0.15) is 12.5 Å². The molecule has 0 fully saturated rings. The Kier molecular flexibility index (Phi) is 5.06. The van der Waals surface area contributed by atoms with E-state index in [4.69, 9.17) is 5.26 Å². The highest BCUT2D eigenvalue weighted by molar-refractivity contribution is 8.00. The van der Waals surface area contributed by atoms with E-state index in [0.717, 1.165) is 5.69 Å². The summed E-state index contributed by atoms with van der Waals surface area (Å²) in [5.74, 6) is -0.227. The lowest BCUT2D eigenvalue weighted by molar-refractivity contribution is -0.115. The summed E-state index contributed by atoms with van der Waals surface area (Å²) < 4.78 is 1.58. The largest absolute Gasteiger partial charge is 0.324 e. The summed E-state index contributed by atoms with van der Waals surface area (Å²) in [7, 11) is 0. The number of aromatic nitrogens is 4. The van der Waals surface area contributed by atoms with Gasteiger partial charge in [0.05, 0.1) is 22.2 Å². The van der Waals surface area contributed by atoms with Crippen molar-refractivity contribution in [3.63, 3.8) is 0 Å². The molecule has 25 heavy (non-hydrogen) atoms. The molecule has 0 bridgehead atoms. The van der Waals surface area contributed by atoms with E-state index in [2.05, 4.69) is 26.9 Å². The second kappa shape index (κ2) is 7.59. The number of carbonyl (C=O) groups is 1. The van der Waals surface area contributed by atoms with Gasteiger partial charge in [-0.2, -0.15) is 9.94 Å². The molecule has 0 aliphatic heterocycles. The van der Waals surface area contributed by atoms with Gasteiger partial charge in [0, 0.05) is 0 Å². The Hall–Kier alpha value is -3.18. The molecule has 8 heteroatoms. The van der Waals surface area contributed by atoms with E-state index < -0.39 is 5.25 Å². The van der Waals surface area contributed by atoms with Crippen molar-refractivity contribution in [3.8, 4) is 11.8 Å². The van der Waals surface area contributed by atoms with E-state index in [1.807, 2.05) is 30.3 Å². The molecule has 0 aliphatic rings. The first-order chi connectivity index (χ1) is 12.2. The molecule has 0 radical (unpaired) electrons. The minimum absolute atomic E-state index is 0.227. The van der Waals surface area contributed by atoms with Crippen molar-refractivity contribution in [2.45, 2.75) is 17.3 Å². The number of tetrazole rings is 1. The number of amides is 1. The van der Waals surface area contributed by atoms with E-state index in [1.54, 1.807) is 35.9 Å². The van der Waals surface area contributed by atoms with Crippen molar-refractivity contribution in [1.29, 1.82) is 5.26 Å². The number of para-hydroxylation sites is 2. The van der Waals surface area contributed by atoms with Gasteiger partial charge < -0.3 is 5.32 Å². The molecular weight excluding hydrogens is 336 g/mol. The van der Waals surface area contributed by atoms with Crippen LogP contribution in [-0.2, 0) is 4.79 Å². The third kappa shape index (κ3) is 3.84. The van der Waals surface area contributed by atoms with Crippen LogP contribution in [0.25, 0.3) is 5.69 Å². The van der Waals surface area contributed by atoms with Crippen LogP contribution in [0, 0.1) is 11.3 Å². The van der Waals surface area contributed by atoms with Crippen molar-refractivity contribution in [1.82, 2.24) is 20.2 Å². The fourth-order valence-electron chi connectivity index (χ4n) is 2.12. The minimum atomic E-state index is -0.444. The molecule has 1 aromatic heterocycles. The Morgan fingerprint density at radius 3 is 2.68 bits per heavy atom. The fraction of sp³-hybridized carbons (Fsp3) is 0.118. The van der Waals surface area contributed by atoms with Crippen molar-refractivity contribution in [3.05, 3.63) is 60.2 Å². The summed E-state index contributed by atoms with van der Waals surface area (Å²) in [5, 5.41) is 23.6. The summed E-state index contributed by atoms with van der Waals surface area (Å²) in [6.45, 7) is 1.76. The van der Waals surface area contributed by atoms with E-state index in [1.165, 1.54) is 11.8 Å². The van der Waals surface area contributed by atoms with E-state index in [0.29, 0.717) is 16.4 Å². The Morgan fingerprint density at radius 2 is 1.92 bits per heavy atom. The number of anilines is 1. The van der Waals surface area contributed by atoms with Crippen LogP contribution in [0.5, 0.6) is 0 Å². The van der Waals surface area contributed by atoms with Gasteiger partial charge in [-0.3, -0.25) is 4.79 Å². The Labute approximate surface area is 148 Å². The van der Waals surface area contributed by atoms with Gasteiger partial charge >= 0.3 is 0 Å². The minimum Gasteiger partial charge on any atom is -0.324 e. The lowest BCUT2D eigenvalue weighted by atomic mass is 10.2. The maximum Gasteiger partial charge on any atom is 0.237 e. The first-order valence-electron chi connectivity index (χ1n) is 7.49. The van der Waals surface area contributed by atoms with Crippen LogP contribution in [-0.4, -0.2) is 31.4 Å². The molecule has 1 N–H and O–H groups in total. The lowest BCUT2D eigenvalue weighted by Crippen LogP contribution is -2.23. The number of rotatable bonds is 5. The maximum absolute atomic E-state index is 12.4. The average Bonchev–Trinajstić information content (AvgIpc) is 3.11. The second-order valence-electron chi connectivity index (χ2n) is 5.12. The SMILES string of the molecule is C[C@@H](Sc1nnnn1-c1ccccc1)C(=O)Nc1ccccc1C#N. The highest BCUT2D eigenvalue weighted by atomic mass is 32.2. The summed E-state index contributed by atoms with van der Waals surface area (Å²) in [5.41, 5.74) is 1.73. The first-order valence-corrected chi connectivity index (χ1v) is 8.37. The molecule has 1 heterocycles.